The molecule has 0 fully saturated rings. The first-order valence-corrected chi connectivity index (χ1v) is 5.73. The number of carbonyl (C=O) groups excluding carboxylic acids is 1. The Morgan fingerprint density at radius 3 is 2.33 bits per heavy atom. The molecule has 0 N–H and O–H groups in total. The van der Waals surface area contributed by atoms with Crippen molar-refractivity contribution in [3.05, 3.63) is 0 Å². The Morgan fingerprint density at radius 2 is 1.93 bits per heavy atom. The summed E-state index contributed by atoms with van der Waals surface area (Å²) in [5.74, 6) is 0. The average molecular weight is 215 g/mol. The van der Waals surface area contributed by atoms with Gasteiger partial charge in [-0.05, 0) is 34.1 Å². The summed E-state index contributed by atoms with van der Waals surface area (Å²) in [7, 11) is 1.80. The Morgan fingerprint density at radius 1 is 1.40 bits per heavy atom. The van der Waals surface area contributed by atoms with Crippen molar-refractivity contribution < 1.29 is 9.53 Å². The van der Waals surface area contributed by atoms with Crippen LogP contribution in [0.2, 0.25) is 0 Å². The topological polar surface area (TPSA) is 29.5 Å². The van der Waals surface area contributed by atoms with Crippen LogP contribution in [0.4, 0.5) is 4.79 Å². The highest BCUT2D eigenvalue weighted by molar-refractivity contribution is 5.68. The molecular weight excluding hydrogens is 190 g/mol. The molecule has 90 valence electrons. The van der Waals surface area contributed by atoms with Gasteiger partial charge in [0.2, 0.25) is 0 Å². The van der Waals surface area contributed by atoms with Gasteiger partial charge in [-0.3, -0.25) is 0 Å². The second-order valence-corrected chi connectivity index (χ2v) is 5.08. The zero-order valence-electron chi connectivity index (χ0n) is 11.0. The van der Waals surface area contributed by atoms with E-state index in [0.29, 0.717) is 0 Å². The number of ether oxygens (including phenoxy) is 1. The molecule has 0 heterocycles. The van der Waals surface area contributed by atoms with E-state index >= 15 is 0 Å². The lowest BCUT2D eigenvalue weighted by Crippen LogP contribution is -2.39. The third-order valence-electron chi connectivity index (χ3n) is 2.32. The van der Waals surface area contributed by atoms with Gasteiger partial charge in [0.25, 0.3) is 0 Å². The third kappa shape index (κ3) is 6.37. The first kappa shape index (κ1) is 14.3. The molecule has 0 spiro atoms. The SMILES string of the molecule is CCCC[C@H](C)N(C)C(=O)OC(C)(C)C. The Balaban J connectivity index is 4.08. The second-order valence-electron chi connectivity index (χ2n) is 5.08. The molecule has 0 aliphatic heterocycles. The van der Waals surface area contributed by atoms with E-state index in [1.54, 1.807) is 11.9 Å². The van der Waals surface area contributed by atoms with Gasteiger partial charge < -0.3 is 9.64 Å². The summed E-state index contributed by atoms with van der Waals surface area (Å²) in [5, 5.41) is 0. The number of amides is 1. The van der Waals surface area contributed by atoms with E-state index in [9.17, 15) is 4.79 Å². The standard InChI is InChI=1S/C12H25NO2/c1-7-8-9-10(2)13(6)11(14)15-12(3,4)5/h10H,7-9H2,1-6H3/t10-/m0/s1. The second kappa shape index (κ2) is 5.99. The van der Waals surface area contributed by atoms with Crippen molar-refractivity contribution in [2.75, 3.05) is 7.05 Å². The molecule has 3 heteroatoms. The van der Waals surface area contributed by atoms with Crippen LogP contribution in [0, 0.1) is 0 Å². The molecule has 15 heavy (non-hydrogen) atoms. The Hall–Kier alpha value is -0.730. The number of rotatable bonds is 4. The Labute approximate surface area is 93.8 Å². The largest absolute Gasteiger partial charge is 0.444 e. The fourth-order valence-electron chi connectivity index (χ4n) is 1.21. The normalized spacial score (nSPS) is 13.5. The van der Waals surface area contributed by atoms with Gasteiger partial charge in [0.1, 0.15) is 5.60 Å². The van der Waals surface area contributed by atoms with Crippen molar-refractivity contribution in [1.29, 1.82) is 0 Å². The molecule has 1 amide bonds. The van der Waals surface area contributed by atoms with Crippen LogP contribution in [-0.4, -0.2) is 29.7 Å². The van der Waals surface area contributed by atoms with Gasteiger partial charge in [-0.15, -0.1) is 0 Å². The molecule has 1 atom stereocenters. The molecule has 0 aromatic carbocycles. The fraction of sp³-hybridized carbons (Fsp3) is 0.917. The predicted molar refractivity (Wildman–Crippen MR) is 63.0 cm³/mol. The number of hydrogen-bond acceptors (Lipinski definition) is 2. The van der Waals surface area contributed by atoms with Crippen LogP contribution in [0.1, 0.15) is 53.9 Å². The summed E-state index contributed by atoms with van der Waals surface area (Å²) in [6.07, 6.45) is 3.11. The molecule has 0 aliphatic carbocycles. The quantitative estimate of drug-likeness (QED) is 0.719. The van der Waals surface area contributed by atoms with E-state index in [1.165, 1.54) is 0 Å². The van der Waals surface area contributed by atoms with Crippen LogP contribution in [-0.2, 0) is 4.74 Å². The molecule has 0 saturated heterocycles. The molecule has 0 rings (SSSR count). The van der Waals surface area contributed by atoms with Crippen LogP contribution in [0.5, 0.6) is 0 Å². The molecule has 0 unspecified atom stereocenters. The zero-order chi connectivity index (χ0) is 12.1. The van der Waals surface area contributed by atoms with Gasteiger partial charge in [-0.2, -0.15) is 0 Å². The molecular formula is C12H25NO2. The highest BCUT2D eigenvalue weighted by Gasteiger charge is 2.22. The average Bonchev–Trinajstić information content (AvgIpc) is 2.10. The smallest absolute Gasteiger partial charge is 0.410 e. The molecule has 3 nitrogen and oxygen atoms in total. The summed E-state index contributed by atoms with van der Waals surface area (Å²) in [6.45, 7) is 9.86. The van der Waals surface area contributed by atoms with Gasteiger partial charge >= 0.3 is 6.09 Å². The Kier molecular flexibility index (Phi) is 5.69. The zero-order valence-corrected chi connectivity index (χ0v) is 11.0. The van der Waals surface area contributed by atoms with Crippen molar-refractivity contribution >= 4 is 6.09 Å². The minimum atomic E-state index is -0.407. The molecule has 0 bridgehead atoms. The van der Waals surface area contributed by atoms with Crippen molar-refractivity contribution in [2.24, 2.45) is 0 Å². The van der Waals surface area contributed by atoms with Crippen LogP contribution < -0.4 is 0 Å². The lowest BCUT2D eigenvalue weighted by molar-refractivity contribution is 0.0228. The number of carbonyl (C=O) groups is 1. The Bertz CT molecular complexity index is 196. The van der Waals surface area contributed by atoms with Crippen molar-refractivity contribution in [3.8, 4) is 0 Å². The maximum absolute atomic E-state index is 11.7. The fourth-order valence-corrected chi connectivity index (χ4v) is 1.21. The third-order valence-corrected chi connectivity index (χ3v) is 2.32. The van der Waals surface area contributed by atoms with E-state index in [2.05, 4.69) is 13.8 Å². The number of nitrogens with zero attached hydrogens (tertiary/aromatic N) is 1. The maximum Gasteiger partial charge on any atom is 0.410 e. The summed E-state index contributed by atoms with van der Waals surface area (Å²) >= 11 is 0. The first-order valence-electron chi connectivity index (χ1n) is 5.73. The summed E-state index contributed by atoms with van der Waals surface area (Å²) in [4.78, 5) is 13.3. The maximum atomic E-state index is 11.7. The van der Waals surface area contributed by atoms with E-state index in [4.69, 9.17) is 4.74 Å². The molecule has 0 aromatic rings. The van der Waals surface area contributed by atoms with Crippen molar-refractivity contribution in [3.63, 3.8) is 0 Å². The van der Waals surface area contributed by atoms with Crippen molar-refractivity contribution in [1.82, 2.24) is 4.90 Å². The lowest BCUT2D eigenvalue weighted by atomic mass is 10.1. The first-order chi connectivity index (χ1) is 6.78. The molecule has 0 aliphatic rings. The predicted octanol–water partition coefficient (Wildman–Crippen LogP) is 3.43. The summed E-state index contributed by atoms with van der Waals surface area (Å²) in [5.41, 5.74) is -0.407. The summed E-state index contributed by atoms with van der Waals surface area (Å²) in [6, 6.07) is 0.250. The van der Waals surface area contributed by atoms with Gasteiger partial charge in [0.05, 0.1) is 0 Å². The number of unbranched alkanes of at least 4 members (excludes halogenated alkanes) is 1. The van der Waals surface area contributed by atoms with Gasteiger partial charge in [-0.25, -0.2) is 4.79 Å². The number of hydrogen-bond donors (Lipinski definition) is 0. The molecule has 0 radical (unpaired) electrons. The van der Waals surface area contributed by atoms with E-state index < -0.39 is 5.60 Å². The highest BCUT2D eigenvalue weighted by atomic mass is 16.6. The van der Waals surface area contributed by atoms with Gasteiger partial charge in [0.15, 0.2) is 0 Å². The molecule has 0 aromatic heterocycles. The van der Waals surface area contributed by atoms with Crippen LogP contribution in [0.3, 0.4) is 0 Å². The monoisotopic (exact) mass is 215 g/mol. The summed E-state index contributed by atoms with van der Waals surface area (Å²) < 4.78 is 5.29. The van der Waals surface area contributed by atoms with Crippen LogP contribution in [0.15, 0.2) is 0 Å². The van der Waals surface area contributed by atoms with Crippen LogP contribution >= 0.6 is 0 Å². The van der Waals surface area contributed by atoms with Crippen molar-refractivity contribution in [2.45, 2.75) is 65.5 Å². The van der Waals surface area contributed by atoms with Crippen LogP contribution in [0.25, 0.3) is 0 Å². The highest BCUT2D eigenvalue weighted by Crippen LogP contribution is 2.13. The minimum absolute atomic E-state index is 0.230. The van der Waals surface area contributed by atoms with E-state index in [-0.39, 0.29) is 12.1 Å². The van der Waals surface area contributed by atoms with E-state index in [0.717, 1.165) is 19.3 Å². The van der Waals surface area contributed by atoms with Gasteiger partial charge in [0, 0.05) is 13.1 Å². The van der Waals surface area contributed by atoms with Gasteiger partial charge in [-0.1, -0.05) is 19.8 Å². The lowest BCUT2D eigenvalue weighted by Gasteiger charge is -2.28. The molecule has 0 saturated carbocycles. The minimum Gasteiger partial charge on any atom is -0.444 e. The van der Waals surface area contributed by atoms with E-state index in [1.807, 2.05) is 20.8 Å².